The van der Waals surface area contributed by atoms with E-state index >= 15 is 8.78 Å². The fourth-order valence-corrected chi connectivity index (χ4v) is 6.59. The first-order valence-electron chi connectivity index (χ1n) is 15.6. The normalized spacial score (nSPS) is 17.6. The van der Waals surface area contributed by atoms with E-state index in [-0.39, 0.29) is 59.3 Å². The number of carboxylic acids is 1. The van der Waals surface area contributed by atoms with Crippen LogP contribution in [0, 0.1) is 18.6 Å². The number of aromatic nitrogens is 3. The molecule has 4 aromatic rings. The topological polar surface area (TPSA) is 152 Å². The van der Waals surface area contributed by atoms with Crippen LogP contribution in [-0.2, 0) is 6.54 Å². The number of carbonyl (C=O) groups is 1. The summed E-state index contributed by atoms with van der Waals surface area (Å²) >= 11 is 6.18. The molecular formula is C33H35ClF2N6O5. The highest BCUT2D eigenvalue weighted by Crippen LogP contribution is 2.41. The van der Waals surface area contributed by atoms with Crippen LogP contribution in [0.2, 0.25) is 5.02 Å². The lowest BCUT2D eigenvalue weighted by molar-refractivity contribution is 0.0694. The molecule has 0 bridgehead atoms. The number of pyridine rings is 1. The maximum absolute atomic E-state index is 16.4. The zero-order valence-corrected chi connectivity index (χ0v) is 26.6. The van der Waals surface area contributed by atoms with Gasteiger partial charge in [0.2, 0.25) is 5.43 Å². The quantitative estimate of drug-likeness (QED) is 0.162. The molecule has 2 aliphatic rings. The molecule has 0 radical (unpaired) electrons. The minimum Gasteiger partial charge on any atom is -0.477 e. The molecule has 14 heteroatoms. The Balaban J connectivity index is 1.31. The number of aromatic carboxylic acids is 1. The van der Waals surface area contributed by atoms with Crippen LogP contribution in [0.5, 0.6) is 0 Å². The van der Waals surface area contributed by atoms with E-state index in [0.29, 0.717) is 43.2 Å². The van der Waals surface area contributed by atoms with Gasteiger partial charge in [-0.25, -0.2) is 18.4 Å². The van der Waals surface area contributed by atoms with Gasteiger partial charge in [-0.2, -0.15) is 0 Å². The van der Waals surface area contributed by atoms with Crippen molar-refractivity contribution in [2.75, 3.05) is 25.0 Å². The molecule has 2 atom stereocenters. The van der Waals surface area contributed by atoms with E-state index in [1.807, 2.05) is 18.7 Å². The number of halogens is 3. The first-order chi connectivity index (χ1) is 22.4. The van der Waals surface area contributed by atoms with Crippen molar-refractivity contribution in [1.82, 2.24) is 24.8 Å². The van der Waals surface area contributed by atoms with Crippen LogP contribution in [0.1, 0.15) is 71.7 Å². The van der Waals surface area contributed by atoms with Crippen molar-refractivity contribution >= 4 is 40.0 Å². The van der Waals surface area contributed by atoms with Crippen molar-refractivity contribution in [2.45, 2.75) is 64.1 Å². The number of H-pyrrole nitrogens is 2. The Morgan fingerprint density at radius 1 is 1.15 bits per heavy atom. The monoisotopic (exact) mass is 668 g/mol. The fraction of sp³-hybridized carbons (Fsp3) is 0.394. The van der Waals surface area contributed by atoms with Gasteiger partial charge in [0.05, 0.1) is 10.9 Å². The molecular weight excluding hydrogens is 634 g/mol. The highest BCUT2D eigenvalue weighted by molar-refractivity contribution is 6.31. The third-order valence-corrected chi connectivity index (χ3v) is 9.37. The van der Waals surface area contributed by atoms with Crippen LogP contribution in [0.25, 0.3) is 10.9 Å². The van der Waals surface area contributed by atoms with Crippen LogP contribution in [0.15, 0.2) is 44.7 Å². The lowest BCUT2D eigenvalue weighted by Gasteiger charge is -2.38. The number of piperazine rings is 1. The number of rotatable bonds is 10. The van der Waals surface area contributed by atoms with Gasteiger partial charge in [-0.3, -0.25) is 24.0 Å². The number of nitrogens with zero attached hydrogens (tertiary/aromatic N) is 2. The summed E-state index contributed by atoms with van der Waals surface area (Å²) in [5, 5.41) is 16.2. The first-order valence-corrected chi connectivity index (χ1v) is 16.0. The molecule has 1 saturated heterocycles. The maximum Gasteiger partial charge on any atom is 0.341 e. The van der Waals surface area contributed by atoms with Crippen LogP contribution in [-0.4, -0.2) is 56.2 Å². The predicted octanol–water partition coefficient (Wildman–Crippen LogP) is 4.75. The number of hydrogen-bond donors (Lipinski definition) is 5. The molecule has 3 heterocycles. The van der Waals surface area contributed by atoms with Crippen molar-refractivity contribution in [3.8, 4) is 0 Å². The smallest absolute Gasteiger partial charge is 0.341 e. The van der Waals surface area contributed by atoms with Crippen molar-refractivity contribution in [2.24, 2.45) is 0 Å². The molecule has 1 unspecified atom stereocenters. The van der Waals surface area contributed by atoms with E-state index in [1.54, 1.807) is 18.2 Å². The second kappa shape index (κ2) is 13.1. The van der Waals surface area contributed by atoms with Gasteiger partial charge in [-0.15, -0.1) is 0 Å². The molecule has 11 nitrogen and oxygen atoms in total. The fourth-order valence-electron chi connectivity index (χ4n) is 6.41. The first kappa shape index (κ1) is 32.6. The summed E-state index contributed by atoms with van der Waals surface area (Å²) in [4.78, 5) is 58.5. The standard InChI is InChI=1S/C33H35ClF2N6O5/c1-16-5-8-19(12-21(16)34)38-24-14-25(43)42(33(47)39-24)10-3-4-23(41-11-9-37-17(2)15-41)26-22(35)13-20-30(28(26)36)40-29(18-6-7-18)27(31(20)44)32(45)46/h5,8,12-14,17-18,23,37-38H,3-4,6-7,9-11,15H2,1-2H3,(H,39,47)(H,40,44)(H,45,46)/t17?,23-/m0/s1. The number of anilines is 2. The minimum atomic E-state index is -1.44. The number of carboxylic acid groups (broad SMARTS) is 1. The Bertz CT molecular complexity index is 2030. The zero-order valence-electron chi connectivity index (χ0n) is 25.9. The average molecular weight is 669 g/mol. The Morgan fingerprint density at radius 2 is 1.91 bits per heavy atom. The maximum atomic E-state index is 16.4. The van der Waals surface area contributed by atoms with Crippen LogP contribution >= 0.6 is 11.6 Å². The molecule has 1 saturated carbocycles. The number of nitrogens with one attached hydrogen (secondary N) is 4. The third-order valence-electron chi connectivity index (χ3n) is 8.96. The largest absolute Gasteiger partial charge is 0.477 e. The molecule has 248 valence electrons. The molecule has 1 aliphatic carbocycles. The van der Waals surface area contributed by atoms with Gasteiger partial charge in [0.1, 0.15) is 17.2 Å². The molecule has 5 N–H and O–H groups in total. The summed E-state index contributed by atoms with van der Waals surface area (Å²) in [5.74, 6) is -3.37. The molecule has 2 aromatic heterocycles. The Kier molecular flexibility index (Phi) is 9.05. The number of aromatic amines is 2. The molecule has 2 fully saturated rings. The van der Waals surface area contributed by atoms with Crippen LogP contribution < -0.4 is 27.3 Å². The Morgan fingerprint density at radius 3 is 2.57 bits per heavy atom. The molecule has 1 aliphatic heterocycles. The minimum absolute atomic E-state index is 0.00952. The SMILES string of the molecule is Cc1ccc(Nc2cc(=O)n(CCC[C@@H](c3c(F)cc4c(=O)c(C(=O)O)c(C5CC5)[nH]c4c3F)N3CCNC(C)C3)c(=O)[nH]2)cc1Cl. The van der Waals surface area contributed by atoms with E-state index in [2.05, 4.69) is 20.6 Å². The molecule has 0 spiro atoms. The van der Waals surface area contributed by atoms with Crippen molar-refractivity contribution in [1.29, 1.82) is 0 Å². The van der Waals surface area contributed by atoms with E-state index in [9.17, 15) is 24.3 Å². The highest BCUT2D eigenvalue weighted by Gasteiger charge is 2.35. The predicted molar refractivity (Wildman–Crippen MR) is 175 cm³/mol. The summed E-state index contributed by atoms with van der Waals surface area (Å²) < 4.78 is 33.4. The Hall–Kier alpha value is -4.33. The van der Waals surface area contributed by atoms with E-state index < -0.39 is 45.9 Å². The summed E-state index contributed by atoms with van der Waals surface area (Å²) in [5.41, 5.74) is -1.46. The van der Waals surface area contributed by atoms with E-state index in [0.717, 1.165) is 16.2 Å². The van der Waals surface area contributed by atoms with E-state index in [1.165, 1.54) is 6.07 Å². The van der Waals surface area contributed by atoms with Crippen LogP contribution in [0.3, 0.4) is 0 Å². The zero-order chi connectivity index (χ0) is 33.6. The van der Waals surface area contributed by atoms with Gasteiger partial charge in [-0.05, 0) is 63.3 Å². The molecule has 2 aromatic carbocycles. The van der Waals surface area contributed by atoms with Gasteiger partial charge in [-0.1, -0.05) is 17.7 Å². The number of benzene rings is 2. The molecule has 47 heavy (non-hydrogen) atoms. The molecule has 0 amide bonds. The summed E-state index contributed by atoms with van der Waals surface area (Å²) in [6, 6.07) is 6.65. The van der Waals surface area contributed by atoms with Gasteiger partial charge >= 0.3 is 11.7 Å². The average Bonchev–Trinajstić information content (AvgIpc) is 3.85. The van der Waals surface area contributed by atoms with Gasteiger partial charge in [0, 0.05) is 72.2 Å². The summed E-state index contributed by atoms with van der Waals surface area (Å²) in [7, 11) is 0. The number of fused-ring (bicyclic) bond motifs is 1. The third kappa shape index (κ3) is 6.60. The second-order valence-electron chi connectivity index (χ2n) is 12.4. The lowest BCUT2D eigenvalue weighted by Crippen LogP contribution is -2.50. The Labute approximate surface area is 272 Å². The number of aryl methyl sites for hydroxylation is 1. The number of hydrogen-bond acceptors (Lipinski definition) is 7. The van der Waals surface area contributed by atoms with Crippen LogP contribution in [0.4, 0.5) is 20.3 Å². The lowest BCUT2D eigenvalue weighted by atomic mass is 9.95. The second-order valence-corrected chi connectivity index (χ2v) is 12.8. The summed E-state index contributed by atoms with van der Waals surface area (Å²) in [6.45, 7) is 5.35. The van der Waals surface area contributed by atoms with Crippen molar-refractivity contribution in [3.05, 3.63) is 100 Å². The van der Waals surface area contributed by atoms with Gasteiger partial charge in [0.25, 0.3) is 5.56 Å². The van der Waals surface area contributed by atoms with Gasteiger partial charge < -0.3 is 20.7 Å². The van der Waals surface area contributed by atoms with E-state index in [4.69, 9.17) is 11.6 Å². The summed E-state index contributed by atoms with van der Waals surface area (Å²) in [6.07, 6.45) is 1.74. The van der Waals surface area contributed by atoms with Crippen molar-refractivity contribution in [3.63, 3.8) is 0 Å². The highest BCUT2D eigenvalue weighted by atomic mass is 35.5. The van der Waals surface area contributed by atoms with Gasteiger partial charge in [0.15, 0.2) is 5.82 Å². The van der Waals surface area contributed by atoms with Crippen molar-refractivity contribution < 1.29 is 18.7 Å². The molecule has 6 rings (SSSR count).